The van der Waals surface area contributed by atoms with Gasteiger partial charge in [-0.3, -0.25) is 0 Å². The Labute approximate surface area is 115 Å². The van der Waals surface area contributed by atoms with E-state index in [0.29, 0.717) is 0 Å². The van der Waals surface area contributed by atoms with Crippen molar-refractivity contribution in [2.24, 2.45) is 0 Å². The lowest BCUT2D eigenvalue weighted by Gasteiger charge is -2.10. The van der Waals surface area contributed by atoms with Crippen molar-refractivity contribution in [1.29, 1.82) is 0 Å². The number of anilines is 1. The Morgan fingerprint density at radius 1 is 1.42 bits per heavy atom. The fourth-order valence-electron chi connectivity index (χ4n) is 1.48. The van der Waals surface area contributed by atoms with Crippen LogP contribution in [-0.4, -0.2) is 24.9 Å². The first-order chi connectivity index (χ1) is 8.99. The molecule has 102 valence electrons. The van der Waals surface area contributed by atoms with Crippen LogP contribution in [0.15, 0.2) is 34.8 Å². The van der Waals surface area contributed by atoms with E-state index in [1.54, 1.807) is 6.20 Å². The zero-order chi connectivity index (χ0) is 13.9. The summed E-state index contributed by atoms with van der Waals surface area (Å²) in [4.78, 5) is 8.04. The number of pyridine rings is 1. The summed E-state index contributed by atoms with van der Waals surface area (Å²) >= 11 is 1.50. The number of nitrogen functional groups attached to an aromatic ring is 1. The minimum atomic E-state index is -3.56. The van der Waals surface area contributed by atoms with Gasteiger partial charge in [-0.1, -0.05) is 6.92 Å². The second-order valence-corrected chi connectivity index (χ2v) is 6.73. The van der Waals surface area contributed by atoms with Crippen LogP contribution < -0.4 is 10.5 Å². The summed E-state index contributed by atoms with van der Waals surface area (Å²) in [5, 5.41) is 2.76. The average molecular weight is 298 g/mol. The van der Waals surface area contributed by atoms with Crippen molar-refractivity contribution in [3.8, 4) is 0 Å². The normalized spacial score (nSPS) is 13.3. The molecule has 3 N–H and O–H groups in total. The van der Waals surface area contributed by atoms with Crippen LogP contribution in [0, 0.1) is 0 Å². The van der Waals surface area contributed by atoms with Crippen molar-refractivity contribution in [2.45, 2.75) is 17.7 Å². The topological polar surface area (TPSA) is 98.0 Å². The number of thiazole rings is 1. The summed E-state index contributed by atoms with van der Waals surface area (Å²) in [5.41, 5.74) is 5.48. The zero-order valence-electron chi connectivity index (χ0n) is 10.3. The van der Waals surface area contributed by atoms with E-state index < -0.39 is 10.0 Å². The van der Waals surface area contributed by atoms with Crippen LogP contribution in [0.5, 0.6) is 0 Å². The molecule has 2 aromatic rings. The monoisotopic (exact) mass is 298 g/mol. The van der Waals surface area contributed by atoms with Gasteiger partial charge in [0.15, 0.2) is 0 Å². The molecule has 0 aliphatic heterocycles. The second-order valence-electron chi connectivity index (χ2n) is 4.04. The first-order valence-electron chi connectivity index (χ1n) is 5.59. The van der Waals surface area contributed by atoms with E-state index >= 15 is 0 Å². The molecular weight excluding hydrogens is 284 g/mol. The maximum atomic E-state index is 12.0. The van der Waals surface area contributed by atoms with Gasteiger partial charge in [0.05, 0.1) is 9.90 Å². The molecule has 0 aliphatic rings. The molecule has 0 spiro atoms. The Morgan fingerprint density at radius 2 is 2.21 bits per heavy atom. The molecule has 2 heterocycles. The molecule has 0 radical (unpaired) electrons. The Bertz CT molecular complexity index is 640. The van der Waals surface area contributed by atoms with Crippen molar-refractivity contribution in [3.05, 3.63) is 34.9 Å². The van der Waals surface area contributed by atoms with Crippen LogP contribution in [0.3, 0.4) is 0 Å². The predicted octanol–water partition coefficient (Wildman–Crippen LogP) is 1.20. The smallest absolute Gasteiger partial charge is 0.240 e. The highest BCUT2D eigenvalue weighted by Gasteiger charge is 2.17. The largest absolute Gasteiger partial charge is 0.384 e. The minimum absolute atomic E-state index is 0.0222. The maximum absolute atomic E-state index is 12.0. The molecule has 0 saturated heterocycles. The first-order valence-corrected chi connectivity index (χ1v) is 7.96. The molecule has 2 aromatic heterocycles. The highest BCUT2D eigenvalue weighted by Crippen LogP contribution is 2.17. The zero-order valence-corrected chi connectivity index (χ0v) is 11.9. The quantitative estimate of drug-likeness (QED) is 0.864. The highest BCUT2D eigenvalue weighted by atomic mass is 32.2. The van der Waals surface area contributed by atoms with E-state index in [2.05, 4.69) is 14.7 Å². The van der Waals surface area contributed by atoms with Crippen LogP contribution in [0.4, 0.5) is 5.82 Å². The van der Waals surface area contributed by atoms with Crippen molar-refractivity contribution in [1.82, 2.24) is 14.7 Å². The van der Waals surface area contributed by atoms with Gasteiger partial charge >= 0.3 is 0 Å². The van der Waals surface area contributed by atoms with Crippen molar-refractivity contribution in [2.75, 3.05) is 12.3 Å². The molecule has 0 bridgehead atoms. The molecule has 19 heavy (non-hydrogen) atoms. The van der Waals surface area contributed by atoms with Gasteiger partial charge in [-0.2, -0.15) is 0 Å². The molecule has 2 rings (SSSR count). The molecule has 8 heteroatoms. The number of nitrogens with one attached hydrogen (secondary N) is 1. The summed E-state index contributed by atoms with van der Waals surface area (Å²) in [5.74, 6) is 0.199. The van der Waals surface area contributed by atoms with Crippen LogP contribution >= 0.6 is 11.3 Å². The number of nitrogens with two attached hydrogens (primary N) is 1. The molecule has 0 saturated carbocycles. The Hall–Kier alpha value is -1.51. The second kappa shape index (κ2) is 5.64. The van der Waals surface area contributed by atoms with Crippen LogP contribution in [0.2, 0.25) is 0 Å². The molecule has 0 aromatic carbocycles. The molecule has 1 atom stereocenters. The average Bonchev–Trinajstić information content (AvgIpc) is 2.90. The van der Waals surface area contributed by atoms with Gasteiger partial charge in [0.1, 0.15) is 5.82 Å². The standard InChI is InChI=1S/C11H14N4O2S2/c1-8(11-14-4-5-18-11)7-15-19(16,17)9-2-3-13-10(12)6-9/h2-6,8,15H,7H2,1H3,(H2,12,13). The Morgan fingerprint density at radius 3 is 2.84 bits per heavy atom. The first kappa shape index (κ1) is 13.9. The lowest BCUT2D eigenvalue weighted by Crippen LogP contribution is -2.27. The fraction of sp³-hybridized carbons (Fsp3) is 0.273. The predicted molar refractivity (Wildman–Crippen MR) is 74.4 cm³/mol. The molecule has 0 fully saturated rings. The summed E-state index contributed by atoms with van der Waals surface area (Å²) in [7, 11) is -3.56. The van der Waals surface area contributed by atoms with E-state index in [1.807, 2.05) is 12.3 Å². The highest BCUT2D eigenvalue weighted by molar-refractivity contribution is 7.89. The summed E-state index contributed by atoms with van der Waals surface area (Å²) < 4.78 is 26.6. The third kappa shape index (κ3) is 3.49. The van der Waals surface area contributed by atoms with Crippen LogP contribution in [0.1, 0.15) is 17.8 Å². The van der Waals surface area contributed by atoms with E-state index in [-0.39, 0.29) is 23.2 Å². The number of sulfonamides is 1. The lowest BCUT2D eigenvalue weighted by atomic mass is 10.2. The summed E-state index contributed by atoms with van der Waals surface area (Å²) in [6.45, 7) is 2.21. The van der Waals surface area contributed by atoms with Gasteiger partial charge in [0.25, 0.3) is 0 Å². The van der Waals surface area contributed by atoms with Gasteiger partial charge in [-0.25, -0.2) is 23.1 Å². The van der Waals surface area contributed by atoms with E-state index in [0.717, 1.165) is 5.01 Å². The van der Waals surface area contributed by atoms with Gasteiger partial charge in [-0.15, -0.1) is 11.3 Å². The molecular formula is C11H14N4O2S2. The van der Waals surface area contributed by atoms with Crippen molar-refractivity contribution >= 4 is 27.2 Å². The van der Waals surface area contributed by atoms with Gasteiger partial charge < -0.3 is 5.73 Å². The number of aromatic nitrogens is 2. The maximum Gasteiger partial charge on any atom is 0.240 e. The third-order valence-corrected chi connectivity index (χ3v) is 4.94. The number of rotatable bonds is 5. The number of hydrogen-bond acceptors (Lipinski definition) is 6. The van der Waals surface area contributed by atoms with Crippen LogP contribution in [0.25, 0.3) is 0 Å². The van der Waals surface area contributed by atoms with Gasteiger partial charge in [0, 0.05) is 36.3 Å². The molecule has 1 unspecified atom stereocenters. The van der Waals surface area contributed by atoms with Crippen molar-refractivity contribution in [3.63, 3.8) is 0 Å². The third-order valence-electron chi connectivity index (χ3n) is 2.52. The van der Waals surface area contributed by atoms with Gasteiger partial charge in [-0.05, 0) is 6.07 Å². The van der Waals surface area contributed by atoms with E-state index in [9.17, 15) is 8.42 Å². The number of nitrogens with zero attached hydrogens (tertiary/aromatic N) is 2. The van der Waals surface area contributed by atoms with Gasteiger partial charge in [0.2, 0.25) is 10.0 Å². The van der Waals surface area contributed by atoms with Crippen LogP contribution in [-0.2, 0) is 10.0 Å². The fourth-order valence-corrected chi connectivity index (χ4v) is 3.33. The lowest BCUT2D eigenvalue weighted by molar-refractivity contribution is 0.574. The minimum Gasteiger partial charge on any atom is -0.384 e. The van der Waals surface area contributed by atoms with E-state index in [4.69, 9.17) is 5.73 Å². The van der Waals surface area contributed by atoms with Crippen molar-refractivity contribution < 1.29 is 8.42 Å². The van der Waals surface area contributed by atoms with E-state index in [1.165, 1.54) is 29.7 Å². The number of hydrogen-bond donors (Lipinski definition) is 2. The Kier molecular flexibility index (Phi) is 4.13. The molecule has 0 amide bonds. The summed E-state index contributed by atoms with van der Waals surface area (Å²) in [6, 6.07) is 2.74. The Balaban J connectivity index is 2.06. The summed E-state index contributed by atoms with van der Waals surface area (Å²) in [6.07, 6.45) is 3.07. The molecule has 6 nitrogen and oxygen atoms in total. The SMILES string of the molecule is CC(CNS(=O)(=O)c1ccnc(N)c1)c1nccs1. The molecule has 0 aliphatic carbocycles.